The van der Waals surface area contributed by atoms with E-state index in [1.54, 1.807) is 0 Å². The number of aromatic hydroxyl groups is 1. The quantitative estimate of drug-likeness (QED) is 0.442. The predicted molar refractivity (Wildman–Crippen MR) is 164 cm³/mol. The Morgan fingerprint density at radius 1 is 1.05 bits per heavy atom. The van der Waals surface area contributed by atoms with Crippen LogP contribution in [0.3, 0.4) is 0 Å². The number of nitrogens with zero attached hydrogens (tertiary/aromatic N) is 5. The molecule has 8 rings (SSSR count). The summed E-state index contributed by atoms with van der Waals surface area (Å²) in [6.45, 7) is 11.0. The first kappa shape index (κ1) is 26.5. The Kier molecular flexibility index (Phi) is 6.65. The van der Waals surface area contributed by atoms with E-state index in [0.29, 0.717) is 37.0 Å². The highest BCUT2D eigenvalue weighted by atomic mass is 16.5. The summed E-state index contributed by atoms with van der Waals surface area (Å²) in [5, 5.41) is 16.6. The van der Waals surface area contributed by atoms with Gasteiger partial charge >= 0.3 is 6.01 Å². The van der Waals surface area contributed by atoms with Crippen LogP contribution in [-0.2, 0) is 17.7 Å². The average Bonchev–Trinajstić information content (AvgIpc) is 3.69. The molecule has 2 aromatic carbocycles. The molecule has 222 valence electrons. The van der Waals surface area contributed by atoms with Crippen molar-refractivity contribution in [3.63, 3.8) is 0 Å². The number of aromatic nitrogens is 2. The minimum Gasteiger partial charge on any atom is -0.508 e. The fourth-order valence-corrected chi connectivity index (χ4v) is 7.69. The molecule has 2 bridgehead atoms. The summed E-state index contributed by atoms with van der Waals surface area (Å²) in [4.78, 5) is 17.6. The Hall–Kier alpha value is -3.14. The molecule has 4 fully saturated rings. The molecule has 42 heavy (non-hydrogen) atoms. The van der Waals surface area contributed by atoms with E-state index in [2.05, 4.69) is 45.1 Å². The van der Waals surface area contributed by atoms with Crippen molar-refractivity contribution in [1.29, 1.82) is 0 Å². The fourth-order valence-electron chi connectivity index (χ4n) is 7.69. The van der Waals surface area contributed by atoms with E-state index in [1.807, 2.05) is 12.1 Å². The first-order valence-electron chi connectivity index (χ1n) is 15.8. The first-order chi connectivity index (χ1) is 20.5. The highest BCUT2D eigenvalue weighted by molar-refractivity contribution is 5.98. The average molecular weight is 571 g/mol. The minimum atomic E-state index is 0.203. The van der Waals surface area contributed by atoms with E-state index >= 15 is 0 Å². The number of morpholine rings is 1. The van der Waals surface area contributed by atoms with Gasteiger partial charge in [-0.15, -0.1) is 0 Å². The molecule has 2 unspecified atom stereocenters. The third kappa shape index (κ3) is 5.05. The second-order valence-corrected chi connectivity index (χ2v) is 13.3. The zero-order valence-electron chi connectivity index (χ0n) is 24.6. The number of aryl methyl sites for hydroxylation is 1. The largest absolute Gasteiger partial charge is 0.508 e. The van der Waals surface area contributed by atoms with Crippen molar-refractivity contribution in [2.24, 2.45) is 5.41 Å². The van der Waals surface area contributed by atoms with Gasteiger partial charge in [-0.3, -0.25) is 4.90 Å². The van der Waals surface area contributed by atoms with Crippen LogP contribution in [0.2, 0.25) is 0 Å². The van der Waals surface area contributed by atoms with Crippen LogP contribution >= 0.6 is 0 Å². The number of phenolic OH excluding ortho intramolecular Hbond substituents is 1. The maximum Gasteiger partial charge on any atom is 0.318 e. The molecule has 9 heteroatoms. The molecule has 4 aliphatic heterocycles. The van der Waals surface area contributed by atoms with Crippen LogP contribution in [-0.4, -0.2) is 91.1 Å². The Bertz CT molecular complexity index is 1470. The predicted octanol–water partition coefficient (Wildman–Crippen LogP) is 3.64. The number of piperazine rings is 1. The number of hydrogen-bond acceptors (Lipinski definition) is 9. The molecule has 1 saturated carbocycles. The van der Waals surface area contributed by atoms with Gasteiger partial charge in [-0.25, -0.2) is 0 Å². The van der Waals surface area contributed by atoms with Crippen LogP contribution < -0.4 is 19.9 Å². The van der Waals surface area contributed by atoms with Crippen molar-refractivity contribution in [3.05, 3.63) is 47.2 Å². The molecular weight excluding hydrogens is 528 g/mol. The molecule has 9 nitrogen and oxygen atoms in total. The van der Waals surface area contributed by atoms with E-state index in [9.17, 15) is 5.11 Å². The zero-order chi connectivity index (χ0) is 28.3. The molecule has 0 amide bonds. The van der Waals surface area contributed by atoms with Crippen LogP contribution in [0.15, 0.2) is 30.3 Å². The number of benzene rings is 2. The highest BCUT2D eigenvalue weighted by Crippen LogP contribution is 2.47. The van der Waals surface area contributed by atoms with Crippen molar-refractivity contribution in [2.45, 2.75) is 57.7 Å². The summed E-state index contributed by atoms with van der Waals surface area (Å²) in [6, 6.07) is 11.6. The van der Waals surface area contributed by atoms with Crippen LogP contribution in [0.5, 0.6) is 11.8 Å². The second-order valence-electron chi connectivity index (χ2n) is 13.3. The molecule has 3 saturated heterocycles. The molecule has 3 aromatic rings. The highest BCUT2D eigenvalue weighted by Gasteiger charge is 2.45. The lowest BCUT2D eigenvalue weighted by atomic mass is 9.99. The molecule has 0 radical (unpaired) electrons. The number of phenols is 1. The van der Waals surface area contributed by atoms with Crippen molar-refractivity contribution >= 4 is 22.3 Å². The number of fused-ring (bicyclic) bond motifs is 4. The molecule has 1 aromatic heterocycles. The van der Waals surface area contributed by atoms with Crippen molar-refractivity contribution in [3.8, 4) is 11.8 Å². The van der Waals surface area contributed by atoms with Crippen molar-refractivity contribution in [2.75, 3.05) is 68.9 Å². The number of ether oxygens (including phenoxy) is 2. The number of hydrogen-bond donors (Lipinski definition) is 2. The van der Waals surface area contributed by atoms with Crippen LogP contribution in [0, 0.1) is 12.3 Å². The van der Waals surface area contributed by atoms with Gasteiger partial charge in [-0.05, 0) is 56.0 Å². The van der Waals surface area contributed by atoms with Crippen LogP contribution in [0.4, 0.5) is 11.5 Å². The van der Waals surface area contributed by atoms with E-state index in [4.69, 9.17) is 19.4 Å². The smallest absolute Gasteiger partial charge is 0.318 e. The van der Waals surface area contributed by atoms with Gasteiger partial charge in [0.15, 0.2) is 0 Å². The lowest BCUT2D eigenvalue weighted by Crippen LogP contribution is -2.52. The Labute approximate surface area is 247 Å². The van der Waals surface area contributed by atoms with Crippen molar-refractivity contribution < 1.29 is 14.6 Å². The normalized spacial score (nSPS) is 25.1. The topological polar surface area (TPSA) is 86.2 Å². The fraction of sp³-hybridized carbons (Fsp3) is 0.576. The third-order valence-electron chi connectivity index (χ3n) is 10.2. The van der Waals surface area contributed by atoms with Gasteiger partial charge < -0.3 is 29.7 Å². The van der Waals surface area contributed by atoms with Crippen LogP contribution in [0.1, 0.15) is 42.5 Å². The monoisotopic (exact) mass is 570 g/mol. The van der Waals surface area contributed by atoms with Crippen molar-refractivity contribution in [1.82, 2.24) is 20.2 Å². The molecule has 1 aliphatic carbocycles. The van der Waals surface area contributed by atoms with Gasteiger partial charge in [0, 0.05) is 79.5 Å². The molecule has 2 N–H and O–H groups in total. The lowest BCUT2D eigenvalue weighted by Gasteiger charge is -2.37. The lowest BCUT2D eigenvalue weighted by molar-refractivity contribution is 0.0231. The Morgan fingerprint density at radius 3 is 2.64 bits per heavy atom. The summed E-state index contributed by atoms with van der Waals surface area (Å²) >= 11 is 0. The van der Waals surface area contributed by atoms with Gasteiger partial charge in [0.25, 0.3) is 0 Å². The Morgan fingerprint density at radius 2 is 1.86 bits per heavy atom. The van der Waals surface area contributed by atoms with Gasteiger partial charge in [-0.1, -0.05) is 18.2 Å². The third-order valence-corrected chi connectivity index (χ3v) is 10.2. The number of anilines is 2. The maximum atomic E-state index is 10.6. The molecule has 0 spiro atoms. The summed E-state index contributed by atoms with van der Waals surface area (Å²) in [5.41, 5.74) is 4.80. The molecular formula is C33H42N6O3. The maximum absolute atomic E-state index is 10.6. The minimum absolute atomic E-state index is 0.203. The summed E-state index contributed by atoms with van der Waals surface area (Å²) in [5.74, 6) is 1.37. The summed E-state index contributed by atoms with van der Waals surface area (Å²) in [6.07, 6.45) is 5.73. The van der Waals surface area contributed by atoms with E-state index in [1.165, 1.54) is 42.2 Å². The number of rotatable bonds is 7. The van der Waals surface area contributed by atoms with Gasteiger partial charge in [0.05, 0.1) is 32.1 Å². The molecule has 5 aliphatic rings. The van der Waals surface area contributed by atoms with Gasteiger partial charge in [0.2, 0.25) is 0 Å². The number of nitrogens with one attached hydrogen (secondary N) is 1. The Balaban J connectivity index is 1.10. The molecule has 5 heterocycles. The van der Waals surface area contributed by atoms with Gasteiger partial charge in [0.1, 0.15) is 11.6 Å². The van der Waals surface area contributed by atoms with E-state index in [-0.39, 0.29) is 5.41 Å². The van der Waals surface area contributed by atoms with E-state index in [0.717, 1.165) is 81.5 Å². The zero-order valence-corrected chi connectivity index (χ0v) is 24.6. The first-order valence-corrected chi connectivity index (χ1v) is 15.8. The summed E-state index contributed by atoms with van der Waals surface area (Å²) < 4.78 is 12.1. The summed E-state index contributed by atoms with van der Waals surface area (Å²) in [7, 11) is 0. The standard InChI is InChI=1S/C33H42N6O3/c1-22-3-2-4-23-15-26(40)16-29(30(22)23)38-10-7-27-28(19-38)35-32(36-31(27)39-17-24-5-6-25(18-39)34-24)42-21-33(8-9-33)20-37-11-13-41-14-12-37/h2-4,15-16,24-25,34,40H,5-14,17-21H2,1H3. The second kappa shape index (κ2) is 10.5. The molecule has 2 atom stereocenters. The van der Waals surface area contributed by atoms with Gasteiger partial charge in [-0.2, -0.15) is 9.97 Å². The SMILES string of the molecule is Cc1cccc2cc(O)cc(N3CCc4c(nc(OCC5(CN6CCOCC6)CC5)nc4N4CC5CCC(C4)N5)C3)c12. The van der Waals surface area contributed by atoms with E-state index < -0.39 is 0 Å². The van der Waals surface area contributed by atoms with Crippen LogP contribution in [0.25, 0.3) is 10.8 Å².